The Morgan fingerprint density at radius 2 is 1.77 bits per heavy atom. The number of H-pyrrole nitrogens is 1. The average molecular weight is 358 g/mol. The fourth-order valence-corrected chi connectivity index (χ4v) is 2.41. The Morgan fingerprint density at radius 1 is 1.05 bits per heavy atom. The zero-order valence-corrected chi connectivity index (χ0v) is 13.8. The van der Waals surface area contributed by atoms with Gasteiger partial charge in [-0.15, -0.1) is 0 Å². The predicted octanol–water partition coefficient (Wildman–Crippen LogP) is 0.0919. The van der Waals surface area contributed by atoms with E-state index in [1.807, 2.05) is 36.5 Å². The number of nitrogens with one attached hydrogen (secondary N) is 1. The molecule has 0 unspecified atom stereocenters. The second kappa shape index (κ2) is 7.18. The minimum Gasteiger partial charge on any atom is -1.00 e. The highest BCUT2D eigenvalue weighted by Gasteiger charge is 2.14. The van der Waals surface area contributed by atoms with Crippen LogP contribution in [0.1, 0.15) is 16.1 Å². The Labute approximate surface area is 139 Å². The van der Waals surface area contributed by atoms with E-state index in [-0.39, 0.29) is 22.8 Å². The number of aromatic nitrogens is 1. The maximum atomic E-state index is 12.4. The van der Waals surface area contributed by atoms with Crippen molar-refractivity contribution in [2.75, 3.05) is 7.11 Å². The van der Waals surface area contributed by atoms with Crippen LogP contribution in [0.2, 0.25) is 0 Å². The third-order valence-electron chi connectivity index (χ3n) is 3.56. The second-order valence-electron chi connectivity index (χ2n) is 4.87. The molecule has 4 heteroatoms. The van der Waals surface area contributed by atoms with Gasteiger partial charge in [0, 0.05) is 17.0 Å². The van der Waals surface area contributed by atoms with Gasteiger partial charge in [0.2, 0.25) is 0 Å². The van der Waals surface area contributed by atoms with Gasteiger partial charge in [0.25, 0.3) is 0 Å². The van der Waals surface area contributed by atoms with Crippen molar-refractivity contribution in [1.29, 1.82) is 0 Å². The van der Waals surface area contributed by atoms with E-state index in [9.17, 15) is 4.79 Å². The van der Waals surface area contributed by atoms with Crippen LogP contribution in [0.25, 0.3) is 10.8 Å². The van der Waals surface area contributed by atoms with Crippen LogP contribution in [0.4, 0.5) is 0 Å². The quantitative estimate of drug-likeness (QED) is 0.621. The van der Waals surface area contributed by atoms with Gasteiger partial charge in [0.1, 0.15) is 5.75 Å². The molecular weight excluding hydrogens is 342 g/mol. The van der Waals surface area contributed by atoms with Crippen LogP contribution < -0.4 is 26.7 Å². The van der Waals surface area contributed by atoms with Gasteiger partial charge in [0.05, 0.1) is 13.5 Å². The van der Waals surface area contributed by atoms with Crippen LogP contribution in [0, 0.1) is 0 Å². The number of hydrogen-bond acceptors (Lipinski definition) is 2. The fraction of sp³-hybridized carbons (Fsp3) is 0.111. The molecule has 2 aromatic carbocycles. The summed E-state index contributed by atoms with van der Waals surface area (Å²) < 4.78 is 5.11. The molecule has 0 fully saturated rings. The molecule has 0 aliphatic rings. The van der Waals surface area contributed by atoms with E-state index in [1.54, 1.807) is 31.4 Å². The van der Waals surface area contributed by atoms with Crippen LogP contribution in [0.15, 0.2) is 60.8 Å². The number of carbonyl (C=O) groups excluding carboxylic acids is 1. The molecule has 1 heterocycles. The zero-order chi connectivity index (χ0) is 14.7. The topological polar surface area (TPSA) is 40.4 Å². The minimum absolute atomic E-state index is 0. The molecule has 0 spiro atoms. The summed E-state index contributed by atoms with van der Waals surface area (Å²) in [4.78, 5) is 15.6. The van der Waals surface area contributed by atoms with E-state index in [1.165, 1.54) is 0 Å². The first-order valence-electron chi connectivity index (χ1n) is 6.83. The zero-order valence-electron chi connectivity index (χ0n) is 12.2. The van der Waals surface area contributed by atoms with Crippen LogP contribution >= 0.6 is 0 Å². The number of pyridine rings is 1. The molecule has 112 valence electrons. The largest absolute Gasteiger partial charge is 1.00 e. The molecule has 0 aliphatic heterocycles. The third-order valence-corrected chi connectivity index (χ3v) is 3.56. The van der Waals surface area contributed by atoms with Gasteiger partial charge in [-0.1, -0.05) is 18.2 Å². The molecule has 0 bridgehead atoms. The Morgan fingerprint density at radius 3 is 2.50 bits per heavy atom. The molecule has 0 aliphatic carbocycles. The molecule has 22 heavy (non-hydrogen) atoms. The van der Waals surface area contributed by atoms with E-state index < -0.39 is 0 Å². The molecule has 1 N–H and O–H groups in total. The van der Waals surface area contributed by atoms with Crippen molar-refractivity contribution in [2.45, 2.75) is 6.42 Å². The maximum Gasteiger partial charge on any atom is 0.195 e. The number of carbonyl (C=O) groups is 1. The van der Waals surface area contributed by atoms with Crippen molar-refractivity contribution >= 4 is 16.6 Å². The average Bonchev–Trinajstić information content (AvgIpc) is 2.55. The lowest BCUT2D eigenvalue weighted by molar-refractivity contribution is -0.386. The number of ketones is 1. The van der Waals surface area contributed by atoms with Crippen LogP contribution in [-0.4, -0.2) is 12.9 Å². The molecular formula is C18H16BrNO2. The second-order valence-corrected chi connectivity index (χ2v) is 4.87. The van der Waals surface area contributed by atoms with Crippen LogP contribution in [0.3, 0.4) is 0 Å². The Balaban J connectivity index is 0.00000176. The molecule has 0 atom stereocenters. The Bertz CT molecular complexity index is 779. The lowest BCUT2D eigenvalue weighted by Gasteiger charge is -2.03. The minimum atomic E-state index is 0. The normalized spacial score (nSPS) is 10.0. The highest BCUT2D eigenvalue weighted by molar-refractivity contribution is 5.99. The number of rotatable bonds is 4. The van der Waals surface area contributed by atoms with Crippen molar-refractivity contribution in [3.8, 4) is 5.75 Å². The van der Waals surface area contributed by atoms with Crippen LogP contribution in [0.5, 0.6) is 5.75 Å². The summed E-state index contributed by atoms with van der Waals surface area (Å²) in [6.07, 6.45) is 2.23. The fourth-order valence-electron chi connectivity index (χ4n) is 2.41. The Kier molecular flexibility index (Phi) is 5.28. The monoisotopic (exact) mass is 357 g/mol. The van der Waals surface area contributed by atoms with Gasteiger partial charge in [-0.3, -0.25) is 4.79 Å². The number of ether oxygens (including phenoxy) is 1. The molecule has 0 saturated carbocycles. The SMILES string of the molecule is COc1ccc(C(=O)Cc2[nH+]ccc3ccccc23)cc1.[Br-]. The number of benzene rings is 2. The summed E-state index contributed by atoms with van der Waals surface area (Å²) in [7, 11) is 1.61. The smallest absolute Gasteiger partial charge is 0.195 e. The number of halogens is 1. The van der Waals surface area contributed by atoms with E-state index in [4.69, 9.17) is 4.74 Å². The van der Waals surface area contributed by atoms with Crippen molar-refractivity contribution in [1.82, 2.24) is 0 Å². The van der Waals surface area contributed by atoms with Gasteiger partial charge in [-0.25, -0.2) is 4.98 Å². The molecule has 1 aromatic heterocycles. The summed E-state index contributed by atoms with van der Waals surface area (Å²) in [6.45, 7) is 0. The van der Waals surface area contributed by atoms with E-state index >= 15 is 0 Å². The van der Waals surface area contributed by atoms with Gasteiger partial charge in [0.15, 0.2) is 17.7 Å². The highest BCUT2D eigenvalue weighted by Crippen LogP contribution is 2.17. The summed E-state index contributed by atoms with van der Waals surface area (Å²) in [5.41, 5.74) is 1.63. The van der Waals surface area contributed by atoms with Gasteiger partial charge >= 0.3 is 0 Å². The first-order chi connectivity index (χ1) is 10.3. The summed E-state index contributed by atoms with van der Waals surface area (Å²) >= 11 is 0. The third kappa shape index (κ3) is 3.34. The standard InChI is InChI=1S/C18H15NO2.BrH/c1-21-15-8-6-14(7-9-15)18(20)12-17-16-5-3-2-4-13(16)10-11-19-17;/h2-11H,12H2,1H3;1H. The van der Waals surface area contributed by atoms with E-state index in [2.05, 4.69) is 4.98 Å². The molecule has 3 rings (SSSR count). The number of Topliss-reactive ketones (excluding diaryl/α,β-unsaturated/α-hetero) is 1. The molecule has 0 amide bonds. The summed E-state index contributed by atoms with van der Waals surface area (Å²) in [5.74, 6) is 0.841. The molecule has 0 radical (unpaired) electrons. The van der Waals surface area contributed by atoms with Gasteiger partial charge < -0.3 is 21.7 Å². The van der Waals surface area contributed by atoms with Crippen molar-refractivity contribution in [3.05, 3.63) is 72.1 Å². The van der Waals surface area contributed by atoms with Crippen LogP contribution in [-0.2, 0) is 6.42 Å². The molecule has 0 saturated heterocycles. The van der Waals surface area contributed by atoms with Gasteiger partial charge in [-0.2, -0.15) is 0 Å². The summed E-state index contributed by atoms with van der Waals surface area (Å²) in [6, 6.07) is 17.3. The highest BCUT2D eigenvalue weighted by atomic mass is 79.9. The lowest BCUT2D eigenvalue weighted by Crippen LogP contribution is -3.00. The number of aromatic amines is 1. The van der Waals surface area contributed by atoms with Crippen molar-refractivity contribution < 1.29 is 31.5 Å². The van der Waals surface area contributed by atoms with Gasteiger partial charge in [-0.05, 0) is 35.7 Å². The Hall–Kier alpha value is -2.20. The van der Waals surface area contributed by atoms with E-state index in [0.29, 0.717) is 12.0 Å². The number of fused-ring (bicyclic) bond motifs is 1. The predicted molar refractivity (Wildman–Crippen MR) is 81.5 cm³/mol. The van der Waals surface area contributed by atoms with Crippen molar-refractivity contribution in [3.63, 3.8) is 0 Å². The number of hydrogen-bond donors (Lipinski definition) is 0. The summed E-state index contributed by atoms with van der Waals surface area (Å²) in [5, 5.41) is 2.22. The number of methoxy groups -OCH3 is 1. The first kappa shape index (κ1) is 16.2. The maximum absolute atomic E-state index is 12.4. The van der Waals surface area contributed by atoms with Crippen molar-refractivity contribution in [2.24, 2.45) is 0 Å². The lowest BCUT2D eigenvalue weighted by atomic mass is 10.0. The first-order valence-corrected chi connectivity index (χ1v) is 6.83. The molecule has 3 aromatic rings. The van der Waals surface area contributed by atoms with E-state index in [0.717, 1.165) is 22.2 Å². The molecule has 3 nitrogen and oxygen atoms in total.